The molecule has 1 aliphatic rings. The third kappa shape index (κ3) is 3.54. The normalized spacial score (nSPS) is 18.2. The minimum absolute atomic E-state index is 0.0371. The second-order valence-corrected chi connectivity index (χ2v) is 4.62. The average Bonchev–Trinajstić information content (AvgIpc) is 2.93. The van der Waals surface area contributed by atoms with Crippen molar-refractivity contribution < 1.29 is 14.7 Å². The van der Waals surface area contributed by atoms with Gasteiger partial charge in [0.15, 0.2) is 0 Å². The van der Waals surface area contributed by atoms with Crippen LogP contribution in [0.25, 0.3) is 0 Å². The molecule has 1 amide bonds. The summed E-state index contributed by atoms with van der Waals surface area (Å²) in [5.41, 5.74) is 0.752. The molecule has 1 aromatic carbocycles. The molecule has 1 aromatic rings. The molecule has 1 aliphatic heterocycles. The summed E-state index contributed by atoms with van der Waals surface area (Å²) in [4.78, 5) is 24.7. The van der Waals surface area contributed by atoms with Crippen LogP contribution in [0.5, 0.6) is 0 Å². The summed E-state index contributed by atoms with van der Waals surface area (Å²) in [6.07, 6.45) is 1.75. The van der Waals surface area contributed by atoms with Crippen LogP contribution in [-0.2, 0) is 9.59 Å². The Morgan fingerprint density at radius 2 is 2.05 bits per heavy atom. The van der Waals surface area contributed by atoms with Crippen molar-refractivity contribution in [1.29, 1.82) is 0 Å². The van der Waals surface area contributed by atoms with Crippen molar-refractivity contribution in [2.75, 3.05) is 18.0 Å². The van der Waals surface area contributed by atoms with Crippen molar-refractivity contribution in [1.82, 2.24) is 5.32 Å². The Morgan fingerprint density at radius 3 is 2.63 bits per heavy atom. The number of benzene rings is 1. The van der Waals surface area contributed by atoms with Crippen molar-refractivity contribution in [2.45, 2.75) is 25.3 Å². The fourth-order valence-electron chi connectivity index (χ4n) is 2.27. The summed E-state index contributed by atoms with van der Waals surface area (Å²) in [5.74, 6) is -0.932. The Kier molecular flexibility index (Phi) is 4.52. The lowest BCUT2D eigenvalue weighted by Gasteiger charge is -2.25. The van der Waals surface area contributed by atoms with Gasteiger partial charge in [-0.25, -0.2) is 0 Å². The number of nitrogens with one attached hydrogen (secondary N) is 1. The molecule has 5 nitrogen and oxygen atoms in total. The van der Waals surface area contributed by atoms with Crippen molar-refractivity contribution in [3.05, 3.63) is 30.3 Å². The van der Waals surface area contributed by atoms with Gasteiger partial charge in [0, 0.05) is 12.2 Å². The van der Waals surface area contributed by atoms with E-state index in [0.29, 0.717) is 0 Å². The molecule has 1 heterocycles. The zero-order chi connectivity index (χ0) is 13.7. The molecule has 0 aliphatic carbocycles. The number of carboxylic acids is 1. The summed E-state index contributed by atoms with van der Waals surface area (Å²) in [5, 5.41) is 12.0. The molecule has 0 bridgehead atoms. The van der Waals surface area contributed by atoms with Gasteiger partial charge < -0.3 is 15.3 Å². The van der Waals surface area contributed by atoms with E-state index in [0.717, 1.165) is 25.1 Å². The second kappa shape index (κ2) is 6.33. The van der Waals surface area contributed by atoms with Crippen LogP contribution >= 0.6 is 0 Å². The van der Waals surface area contributed by atoms with Gasteiger partial charge in [0.05, 0.1) is 12.5 Å². The van der Waals surface area contributed by atoms with E-state index in [1.165, 1.54) is 0 Å². The van der Waals surface area contributed by atoms with Gasteiger partial charge in [0.1, 0.15) is 0 Å². The third-order valence-electron chi connectivity index (χ3n) is 3.24. The van der Waals surface area contributed by atoms with Crippen LogP contribution in [0.1, 0.15) is 19.3 Å². The van der Waals surface area contributed by atoms with Crippen LogP contribution in [0.3, 0.4) is 0 Å². The van der Waals surface area contributed by atoms with Crippen LogP contribution in [0.4, 0.5) is 5.69 Å². The number of hydrogen-bond acceptors (Lipinski definition) is 3. The van der Waals surface area contributed by atoms with Gasteiger partial charge in [-0.05, 0) is 31.5 Å². The maximum absolute atomic E-state index is 12.4. The van der Waals surface area contributed by atoms with Gasteiger partial charge in [-0.2, -0.15) is 0 Å². The first-order chi connectivity index (χ1) is 9.18. The van der Waals surface area contributed by atoms with Crippen LogP contribution < -0.4 is 10.2 Å². The maximum atomic E-state index is 12.4. The Balaban J connectivity index is 2.13. The maximum Gasteiger partial charge on any atom is 0.305 e. The molecule has 0 aromatic heterocycles. The molecule has 2 rings (SSSR count). The summed E-state index contributed by atoms with van der Waals surface area (Å²) in [7, 11) is 0. The fraction of sp³-hybridized carbons (Fsp3) is 0.429. The fourth-order valence-corrected chi connectivity index (χ4v) is 2.27. The summed E-state index contributed by atoms with van der Waals surface area (Å²) >= 11 is 0. The van der Waals surface area contributed by atoms with Gasteiger partial charge >= 0.3 is 5.97 Å². The second-order valence-electron chi connectivity index (χ2n) is 4.62. The highest BCUT2D eigenvalue weighted by Gasteiger charge is 2.27. The molecular weight excluding hydrogens is 244 g/mol. The zero-order valence-electron chi connectivity index (χ0n) is 10.7. The molecule has 5 heteroatoms. The standard InChI is InChI=1S/C14H18N2O3/c17-13(18)8-10-16(11-5-2-1-3-6-11)14(19)12-7-4-9-15-12/h1-3,5-6,12,15H,4,7-10H2,(H,17,18)/t12-/m0/s1. The lowest BCUT2D eigenvalue weighted by atomic mass is 10.1. The number of amides is 1. The topological polar surface area (TPSA) is 69.6 Å². The third-order valence-corrected chi connectivity index (χ3v) is 3.24. The van der Waals surface area contributed by atoms with Crippen LogP contribution in [0.2, 0.25) is 0 Å². The molecule has 1 saturated heterocycles. The van der Waals surface area contributed by atoms with E-state index in [1.807, 2.05) is 30.3 Å². The van der Waals surface area contributed by atoms with Crippen molar-refractivity contribution in [3.63, 3.8) is 0 Å². The quantitative estimate of drug-likeness (QED) is 0.837. The van der Waals surface area contributed by atoms with E-state index in [2.05, 4.69) is 5.32 Å². The van der Waals surface area contributed by atoms with Gasteiger partial charge in [-0.15, -0.1) is 0 Å². The number of hydrogen-bond donors (Lipinski definition) is 2. The lowest BCUT2D eigenvalue weighted by molar-refractivity contribution is -0.136. The SMILES string of the molecule is O=C(O)CCN(C(=O)[C@@H]1CCCN1)c1ccccc1. The number of aliphatic carboxylic acids is 1. The first-order valence-corrected chi connectivity index (χ1v) is 6.50. The predicted octanol–water partition coefficient (Wildman–Crippen LogP) is 1.25. The number of carbonyl (C=O) groups excluding carboxylic acids is 1. The molecule has 0 spiro atoms. The molecule has 0 radical (unpaired) electrons. The zero-order valence-corrected chi connectivity index (χ0v) is 10.7. The monoisotopic (exact) mass is 262 g/mol. The van der Waals surface area contributed by atoms with Crippen molar-refractivity contribution >= 4 is 17.6 Å². The molecular formula is C14H18N2O3. The van der Waals surface area contributed by atoms with Gasteiger partial charge in [-0.1, -0.05) is 18.2 Å². The Hall–Kier alpha value is -1.88. The Labute approximate surface area is 112 Å². The molecule has 1 fully saturated rings. The smallest absolute Gasteiger partial charge is 0.305 e. The number of para-hydroxylation sites is 1. The van der Waals surface area contributed by atoms with Gasteiger partial charge in [0.2, 0.25) is 5.91 Å². The van der Waals surface area contributed by atoms with Crippen molar-refractivity contribution in [2.24, 2.45) is 0 Å². The molecule has 1 atom stereocenters. The van der Waals surface area contributed by atoms with E-state index < -0.39 is 5.97 Å². The Morgan fingerprint density at radius 1 is 1.32 bits per heavy atom. The number of rotatable bonds is 5. The highest BCUT2D eigenvalue weighted by Crippen LogP contribution is 2.18. The predicted molar refractivity (Wildman–Crippen MR) is 72.1 cm³/mol. The van der Waals surface area contributed by atoms with E-state index in [-0.39, 0.29) is 24.9 Å². The first-order valence-electron chi connectivity index (χ1n) is 6.50. The minimum atomic E-state index is -0.895. The largest absolute Gasteiger partial charge is 0.481 e. The Bertz CT molecular complexity index is 441. The lowest BCUT2D eigenvalue weighted by Crippen LogP contribution is -2.44. The highest BCUT2D eigenvalue weighted by atomic mass is 16.4. The summed E-state index contributed by atoms with van der Waals surface area (Å²) in [6, 6.07) is 9.03. The van der Waals surface area contributed by atoms with Crippen LogP contribution in [-0.4, -0.2) is 36.1 Å². The minimum Gasteiger partial charge on any atom is -0.481 e. The number of anilines is 1. The van der Waals surface area contributed by atoms with Crippen molar-refractivity contribution in [3.8, 4) is 0 Å². The number of carboxylic acid groups (broad SMARTS) is 1. The number of carbonyl (C=O) groups is 2. The highest BCUT2D eigenvalue weighted by molar-refractivity contribution is 5.97. The molecule has 19 heavy (non-hydrogen) atoms. The van der Waals surface area contributed by atoms with E-state index in [4.69, 9.17) is 5.11 Å². The molecule has 2 N–H and O–H groups in total. The van der Waals surface area contributed by atoms with E-state index >= 15 is 0 Å². The van der Waals surface area contributed by atoms with E-state index in [9.17, 15) is 9.59 Å². The molecule has 102 valence electrons. The van der Waals surface area contributed by atoms with E-state index in [1.54, 1.807) is 4.90 Å². The number of nitrogens with zero attached hydrogens (tertiary/aromatic N) is 1. The van der Waals surface area contributed by atoms with Crippen LogP contribution in [0, 0.1) is 0 Å². The average molecular weight is 262 g/mol. The molecule has 0 unspecified atom stereocenters. The first kappa shape index (κ1) is 13.5. The van der Waals surface area contributed by atoms with Gasteiger partial charge in [-0.3, -0.25) is 9.59 Å². The molecule has 0 saturated carbocycles. The van der Waals surface area contributed by atoms with Gasteiger partial charge in [0.25, 0.3) is 0 Å². The van der Waals surface area contributed by atoms with Crippen LogP contribution in [0.15, 0.2) is 30.3 Å². The summed E-state index contributed by atoms with van der Waals surface area (Å²) in [6.45, 7) is 1.05. The summed E-state index contributed by atoms with van der Waals surface area (Å²) < 4.78 is 0.